The van der Waals surface area contributed by atoms with Crippen molar-refractivity contribution in [3.8, 4) is 11.8 Å². The first kappa shape index (κ1) is 13.9. The Labute approximate surface area is 119 Å². The first-order valence-electron chi connectivity index (χ1n) is 6.48. The molecule has 0 fully saturated rings. The molecule has 1 unspecified atom stereocenters. The molecule has 4 heteroatoms. The maximum absolute atomic E-state index is 9.03. The van der Waals surface area contributed by atoms with E-state index in [4.69, 9.17) is 10.00 Å². The van der Waals surface area contributed by atoms with Gasteiger partial charge in [0.2, 0.25) is 0 Å². The number of aromatic nitrogens is 1. The van der Waals surface area contributed by atoms with Crippen LogP contribution < -0.4 is 10.1 Å². The lowest BCUT2D eigenvalue weighted by molar-refractivity contribution is 0.407. The lowest BCUT2D eigenvalue weighted by Gasteiger charge is -2.16. The van der Waals surface area contributed by atoms with E-state index in [1.807, 2.05) is 18.2 Å². The highest BCUT2D eigenvalue weighted by Crippen LogP contribution is 2.26. The highest BCUT2D eigenvalue weighted by molar-refractivity contribution is 5.51. The fraction of sp³-hybridized carbons (Fsp3) is 0.250. The number of hydrogen-bond acceptors (Lipinski definition) is 4. The summed E-state index contributed by atoms with van der Waals surface area (Å²) in [5, 5.41) is 12.3. The summed E-state index contributed by atoms with van der Waals surface area (Å²) in [7, 11) is 1.67. The molecule has 0 spiro atoms. The van der Waals surface area contributed by atoms with E-state index in [-0.39, 0.29) is 5.92 Å². The number of para-hydroxylation sites is 1. The van der Waals surface area contributed by atoms with Crippen molar-refractivity contribution in [2.45, 2.75) is 12.8 Å². The summed E-state index contributed by atoms with van der Waals surface area (Å²) in [6, 6.07) is 13.6. The third kappa shape index (κ3) is 3.07. The summed E-state index contributed by atoms with van der Waals surface area (Å²) < 4.78 is 5.37. The Morgan fingerprint density at radius 3 is 2.85 bits per heavy atom. The molecule has 0 aliphatic heterocycles. The first-order valence-corrected chi connectivity index (χ1v) is 6.48. The van der Waals surface area contributed by atoms with Gasteiger partial charge in [-0.25, -0.2) is 4.98 Å². The van der Waals surface area contributed by atoms with Crippen LogP contribution in [-0.2, 0) is 0 Å². The molecular formula is C16H17N3O. The fourth-order valence-corrected chi connectivity index (χ4v) is 2.07. The van der Waals surface area contributed by atoms with Crippen molar-refractivity contribution in [3.63, 3.8) is 0 Å². The Hall–Kier alpha value is -2.54. The smallest absolute Gasteiger partial charge is 0.143 e. The summed E-state index contributed by atoms with van der Waals surface area (Å²) >= 11 is 0. The number of nitriles is 1. The van der Waals surface area contributed by atoms with Crippen LogP contribution in [0.1, 0.15) is 24.0 Å². The molecule has 0 saturated carbocycles. The summed E-state index contributed by atoms with van der Waals surface area (Å²) in [5.41, 5.74) is 1.69. The molecule has 1 heterocycles. The van der Waals surface area contributed by atoms with E-state index in [0.29, 0.717) is 17.9 Å². The van der Waals surface area contributed by atoms with Gasteiger partial charge in [-0.2, -0.15) is 5.26 Å². The zero-order valence-electron chi connectivity index (χ0n) is 11.6. The number of anilines is 1. The van der Waals surface area contributed by atoms with Crippen LogP contribution in [0.3, 0.4) is 0 Å². The van der Waals surface area contributed by atoms with Gasteiger partial charge in [0, 0.05) is 18.7 Å². The van der Waals surface area contributed by atoms with E-state index in [1.54, 1.807) is 25.4 Å². The second-order valence-corrected chi connectivity index (χ2v) is 4.54. The minimum absolute atomic E-state index is 0.250. The normalized spacial score (nSPS) is 11.4. The molecule has 2 aromatic rings. The highest BCUT2D eigenvalue weighted by Gasteiger charge is 2.11. The number of pyridine rings is 1. The molecule has 0 radical (unpaired) electrons. The number of rotatable bonds is 5. The second kappa shape index (κ2) is 6.58. The van der Waals surface area contributed by atoms with Crippen molar-refractivity contribution in [1.82, 2.24) is 4.98 Å². The number of nitrogens with zero attached hydrogens (tertiary/aromatic N) is 2. The molecule has 0 aliphatic rings. The Kier molecular flexibility index (Phi) is 4.56. The minimum atomic E-state index is 0.250. The third-order valence-electron chi connectivity index (χ3n) is 3.17. The monoisotopic (exact) mass is 267 g/mol. The topological polar surface area (TPSA) is 57.9 Å². The van der Waals surface area contributed by atoms with Crippen molar-refractivity contribution in [2.24, 2.45) is 0 Å². The average molecular weight is 267 g/mol. The van der Waals surface area contributed by atoms with Crippen molar-refractivity contribution in [3.05, 3.63) is 53.7 Å². The van der Waals surface area contributed by atoms with Crippen LogP contribution in [0, 0.1) is 11.3 Å². The number of hydrogen-bond donors (Lipinski definition) is 1. The molecule has 2 rings (SSSR count). The average Bonchev–Trinajstić information content (AvgIpc) is 2.52. The molecule has 0 aliphatic carbocycles. The van der Waals surface area contributed by atoms with E-state index < -0.39 is 0 Å². The molecule has 20 heavy (non-hydrogen) atoms. The Morgan fingerprint density at radius 2 is 2.10 bits per heavy atom. The molecule has 1 N–H and O–H groups in total. The van der Waals surface area contributed by atoms with Crippen molar-refractivity contribution in [2.75, 3.05) is 19.0 Å². The molecule has 102 valence electrons. The predicted molar refractivity (Wildman–Crippen MR) is 78.9 cm³/mol. The SMILES string of the molecule is COc1ccccc1C(C)CNc1ncccc1C#N. The van der Waals surface area contributed by atoms with Crippen molar-refractivity contribution in [1.29, 1.82) is 5.26 Å². The number of methoxy groups -OCH3 is 1. The summed E-state index contributed by atoms with van der Waals surface area (Å²) in [5.74, 6) is 1.75. The van der Waals surface area contributed by atoms with Crippen LogP contribution in [0.2, 0.25) is 0 Å². The van der Waals surface area contributed by atoms with E-state index in [9.17, 15) is 0 Å². The number of nitrogens with one attached hydrogen (secondary N) is 1. The van der Waals surface area contributed by atoms with Gasteiger partial charge < -0.3 is 10.1 Å². The number of benzene rings is 1. The van der Waals surface area contributed by atoms with E-state index in [0.717, 1.165) is 11.3 Å². The molecule has 1 aromatic carbocycles. The third-order valence-corrected chi connectivity index (χ3v) is 3.17. The van der Waals surface area contributed by atoms with Gasteiger partial charge in [0.1, 0.15) is 17.6 Å². The van der Waals surface area contributed by atoms with Gasteiger partial charge in [0.15, 0.2) is 0 Å². The molecule has 1 aromatic heterocycles. The van der Waals surface area contributed by atoms with Crippen molar-refractivity contribution >= 4 is 5.82 Å². The highest BCUT2D eigenvalue weighted by atomic mass is 16.5. The van der Waals surface area contributed by atoms with Gasteiger partial charge in [0.25, 0.3) is 0 Å². The quantitative estimate of drug-likeness (QED) is 0.904. The Bertz CT molecular complexity index is 619. The van der Waals surface area contributed by atoms with Gasteiger partial charge in [-0.05, 0) is 23.8 Å². The van der Waals surface area contributed by atoms with Gasteiger partial charge in [0.05, 0.1) is 12.7 Å². The van der Waals surface area contributed by atoms with Crippen molar-refractivity contribution < 1.29 is 4.74 Å². The standard InChI is InChI=1S/C16H17N3O/c1-12(14-7-3-4-8-15(14)20-2)11-19-16-13(10-17)6-5-9-18-16/h3-9,12H,11H2,1-2H3,(H,18,19). The molecule has 4 nitrogen and oxygen atoms in total. The Balaban J connectivity index is 2.09. The summed E-state index contributed by atoms with van der Waals surface area (Å²) in [6.07, 6.45) is 1.68. The van der Waals surface area contributed by atoms with Crippen LogP contribution in [0.4, 0.5) is 5.82 Å². The zero-order valence-corrected chi connectivity index (χ0v) is 11.6. The van der Waals surface area contributed by atoms with E-state index in [1.165, 1.54) is 0 Å². The summed E-state index contributed by atoms with van der Waals surface area (Å²) in [4.78, 5) is 4.19. The van der Waals surface area contributed by atoms with Crippen LogP contribution in [0.5, 0.6) is 5.75 Å². The van der Waals surface area contributed by atoms with E-state index >= 15 is 0 Å². The van der Waals surface area contributed by atoms with Crippen LogP contribution in [-0.4, -0.2) is 18.6 Å². The second-order valence-electron chi connectivity index (χ2n) is 4.54. The molecule has 0 saturated heterocycles. The maximum Gasteiger partial charge on any atom is 0.143 e. The van der Waals surface area contributed by atoms with Crippen LogP contribution in [0.25, 0.3) is 0 Å². The fourth-order valence-electron chi connectivity index (χ4n) is 2.07. The van der Waals surface area contributed by atoms with Gasteiger partial charge in [-0.1, -0.05) is 25.1 Å². The van der Waals surface area contributed by atoms with E-state index in [2.05, 4.69) is 29.4 Å². The van der Waals surface area contributed by atoms with Gasteiger partial charge in [-0.3, -0.25) is 0 Å². The Morgan fingerprint density at radius 1 is 1.30 bits per heavy atom. The maximum atomic E-state index is 9.03. The molecule has 0 amide bonds. The molecule has 0 bridgehead atoms. The lowest BCUT2D eigenvalue weighted by atomic mass is 10.00. The van der Waals surface area contributed by atoms with Crippen LogP contribution in [0.15, 0.2) is 42.6 Å². The van der Waals surface area contributed by atoms with Crippen LogP contribution >= 0.6 is 0 Å². The predicted octanol–water partition coefficient (Wildman–Crippen LogP) is 3.18. The molecular weight excluding hydrogens is 250 g/mol. The molecule has 1 atom stereocenters. The van der Waals surface area contributed by atoms with Gasteiger partial charge in [-0.15, -0.1) is 0 Å². The lowest BCUT2D eigenvalue weighted by Crippen LogP contribution is -2.12. The first-order chi connectivity index (χ1) is 9.76. The minimum Gasteiger partial charge on any atom is -0.496 e. The van der Waals surface area contributed by atoms with Gasteiger partial charge >= 0.3 is 0 Å². The summed E-state index contributed by atoms with van der Waals surface area (Å²) in [6.45, 7) is 2.80. The number of ether oxygens (including phenoxy) is 1. The largest absolute Gasteiger partial charge is 0.496 e. The zero-order chi connectivity index (χ0) is 14.4.